The van der Waals surface area contributed by atoms with Crippen molar-refractivity contribution >= 4 is 33.5 Å². The number of benzene rings is 3. The number of nitrogens with two attached hydrogens (primary N) is 1. The zero-order valence-electron chi connectivity index (χ0n) is 22.3. The molecule has 1 aliphatic carbocycles. The number of aromatic nitrogens is 3. The van der Waals surface area contributed by atoms with Crippen LogP contribution in [0.2, 0.25) is 0 Å². The number of esters is 1. The molecule has 1 saturated carbocycles. The first-order chi connectivity index (χ1) is 19.0. The molecule has 7 nitrogen and oxygen atoms in total. The van der Waals surface area contributed by atoms with Gasteiger partial charge in [-0.25, -0.2) is 4.98 Å². The van der Waals surface area contributed by atoms with E-state index in [-0.39, 0.29) is 12.4 Å². The highest BCUT2D eigenvalue weighted by molar-refractivity contribution is 6.02. The van der Waals surface area contributed by atoms with E-state index >= 15 is 0 Å². The molecule has 2 N–H and O–H groups in total. The van der Waals surface area contributed by atoms with Gasteiger partial charge in [-0.2, -0.15) is 5.10 Å². The second-order valence-corrected chi connectivity index (χ2v) is 10.1. The number of fused-ring (bicyclic) bond motifs is 2. The van der Waals surface area contributed by atoms with Gasteiger partial charge < -0.3 is 15.2 Å². The maximum Gasteiger partial charge on any atom is 0.310 e. The van der Waals surface area contributed by atoms with Crippen molar-refractivity contribution in [2.75, 3.05) is 12.3 Å². The Morgan fingerprint density at radius 3 is 2.69 bits per heavy atom. The molecule has 1 aliphatic rings. The predicted molar refractivity (Wildman–Crippen MR) is 154 cm³/mol. The SMILES string of the molecule is CCOC(=O)Cc1cccc(C)c1OCc1nn(C2CCC2)c2ccc(-c3cccc4c(N)nccc34)cc12. The van der Waals surface area contributed by atoms with Crippen molar-refractivity contribution in [1.29, 1.82) is 0 Å². The zero-order chi connectivity index (χ0) is 26.9. The summed E-state index contributed by atoms with van der Waals surface area (Å²) >= 11 is 0. The molecule has 39 heavy (non-hydrogen) atoms. The first-order valence-electron chi connectivity index (χ1n) is 13.5. The van der Waals surface area contributed by atoms with Crippen LogP contribution < -0.4 is 10.5 Å². The van der Waals surface area contributed by atoms with Crippen molar-refractivity contribution < 1.29 is 14.3 Å². The van der Waals surface area contributed by atoms with Gasteiger partial charge in [-0.05, 0) is 73.4 Å². The average Bonchev–Trinajstić information content (AvgIpc) is 3.24. The molecule has 0 bridgehead atoms. The fourth-order valence-electron chi connectivity index (χ4n) is 5.44. The van der Waals surface area contributed by atoms with Crippen LogP contribution in [0.4, 0.5) is 5.82 Å². The third-order valence-electron chi connectivity index (χ3n) is 7.64. The molecular weight excluding hydrogens is 488 g/mol. The van der Waals surface area contributed by atoms with Gasteiger partial charge in [0.05, 0.1) is 24.6 Å². The van der Waals surface area contributed by atoms with Crippen LogP contribution >= 0.6 is 0 Å². The van der Waals surface area contributed by atoms with E-state index in [1.807, 2.05) is 50.2 Å². The fraction of sp³-hybridized carbons (Fsp3) is 0.281. The monoisotopic (exact) mass is 520 g/mol. The standard InChI is InChI=1S/C32H32N4O3/c1-3-38-30(37)18-22-8-4-7-20(2)31(22)39-19-28-27-17-21(13-14-29(27)36(35-28)23-9-5-10-23)24-11-6-12-26-25(24)15-16-34-32(26)33/h4,6-8,11-17,23H,3,5,9-10,18-19H2,1-2H3,(H2,33,34). The van der Waals surface area contributed by atoms with E-state index in [2.05, 4.69) is 33.9 Å². The van der Waals surface area contributed by atoms with Crippen LogP contribution in [-0.4, -0.2) is 27.3 Å². The molecule has 0 unspecified atom stereocenters. The average molecular weight is 521 g/mol. The Hall–Kier alpha value is -4.39. The first-order valence-corrected chi connectivity index (χ1v) is 13.5. The second-order valence-electron chi connectivity index (χ2n) is 10.1. The maximum atomic E-state index is 12.2. The number of nitrogens with zero attached hydrogens (tertiary/aromatic N) is 3. The van der Waals surface area contributed by atoms with Crippen LogP contribution in [0.25, 0.3) is 32.8 Å². The summed E-state index contributed by atoms with van der Waals surface area (Å²) in [7, 11) is 0. The zero-order valence-corrected chi connectivity index (χ0v) is 22.3. The van der Waals surface area contributed by atoms with Crippen LogP contribution in [-0.2, 0) is 22.6 Å². The molecule has 2 heterocycles. The molecule has 198 valence electrons. The second kappa shape index (κ2) is 10.4. The highest BCUT2D eigenvalue weighted by atomic mass is 16.5. The Bertz CT molecular complexity index is 1690. The molecular formula is C32H32N4O3. The number of hydrogen-bond donors (Lipinski definition) is 1. The van der Waals surface area contributed by atoms with E-state index in [1.54, 1.807) is 6.20 Å². The molecule has 0 saturated heterocycles. The third kappa shape index (κ3) is 4.69. The number of pyridine rings is 1. The molecule has 0 atom stereocenters. The van der Waals surface area contributed by atoms with E-state index in [0.29, 0.717) is 30.8 Å². The minimum atomic E-state index is -0.261. The summed E-state index contributed by atoms with van der Waals surface area (Å²) in [6.07, 6.45) is 5.42. The van der Waals surface area contributed by atoms with Gasteiger partial charge in [-0.1, -0.05) is 42.5 Å². The lowest BCUT2D eigenvalue weighted by Gasteiger charge is -2.26. The number of hydrogen-bond acceptors (Lipinski definition) is 6. The highest BCUT2D eigenvalue weighted by Crippen LogP contribution is 2.38. The predicted octanol–water partition coefficient (Wildman–Crippen LogP) is 6.55. The number of ether oxygens (including phenoxy) is 2. The van der Waals surface area contributed by atoms with Gasteiger partial charge in [0, 0.05) is 22.5 Å². The summed E-state index contributed by atoms with van der Waals surface area (Å²) in [6, 6.07) is 21.0. The smallest absolute Gasteiger partial charge is 0.310 e. The van der Waals surface area contributed by atoms with Crippen molar-refractivity contribution in [1.82, 2.24) is 14.8 Å². The van der Waals surface area contributed by atoms with Crippen LogP contribution in [0.3, 0.4) is 0 Å². The normalized spacial score (nSPS) is 13.5. The van der Waals surface area contributed by atoms with Gasteiger partial charge in [-0.15, -0.1) is 0 Å². The van der Waals surface area contributed by atoms with E-state index in [9.17, 15) is 4.79 Å². The van der Waals surface area contributed by atoms with Crippen LogP contribution in [0.1, 0.15) is 49.0 Å². The Morgan fingerprint density at radius 2 is 1.90 bits per heavy atom. The third-order valence-corrected chi connectivity index (χ3v) is 7.64. The van der Waals surface area contributed by atoms with Crippen molar-refractivity contribution in [3.63, 3.8) is 0 Å². The molecule has 1 fully saturated rings. The molecule has 7 heteroatoms. The molecule has 6 rings (SSSR count). The molecule has 2 aromatic heterocycles. The van der Waals surface area contributed by atoms with Crippen molar-refractivity contribution in [2.45, 2.75) is 52.2 Å². The topological polar surface area (TPSA) is 92.3 Å². The van der Waals surface area contributed by atoms with Crippen LogP contribution in [0, 0.1) is 6.92 Å². The number of para-hydroxylation sites is 1. The van der Waals surface area contributed by atoms with E-state index in [1.165, 1.54) is 6.42 Å². The summed E-state index contributed by atoms with van der Waals surface area (Å²) in [4.78, 5) is 16.5. The minimum Gasteiger partial charge on any atom is -0.487 e. The summed E-state index contributed by atoms with van der Waals surface area (Å²) in [5.41, 5.74) is 12.1. The Labute approximate surface area is 227 Å². The number of aryl methyl sites for hydroxylation is 1. The largest absolute Gasteiger partial charge is 0.487 e. The quantitative estimate of drug-likeness (QED) is 0.233. The number of carbonyl (C=O) groups excluding carboxylic acids is 1. The van der Waals surface area contributed by atoms with Gasteiger partial charge in [0.15, 0.2) is 0 Å². The van der Waals surface area contributed by atoms with E-state index in [0.717, 1.165) is 62.5 Å². The molecule has 5 aromatic rings. The van der Waals surface area contributed by atoms with Crippen molar-refractivity contribution in [2.24, 2.45) is 0 Å². The van der Waals surface area contributed by atoms with Crippen molar-refractivity contribution in [3.05, 3.63) is 83.7 Å². The highest BCUT2D eigenvalue weighted by Gasteiger charge is 2.24. The van der Waals surface area contributed by atoms with Gasteiger partial charge in [-0.3, -0.25) is 9.48 Å². The van der Waals surface area contributed by atoms with E-state index < -0.39 is 0 Å². The molecule has 3 aromatic carbocycles. The summed E-state index contributed by atoms with van der Waals surface area (Å²) in [6.45, 7) is 4.46. The van der Waals surface area contributed by atoms with Crippen LogP contribution in [0.5, 0.6) is 5.75 Å². The Kier molecular flexibility index (Phi) is 6.65. The lowest BCUT2D eigenvalue weighted by molar-refractivity contribution is -0.142. The maximum absolute atomic E-state index is 12.2. The lowest BCUT2D eigenvalue weighted by Crippen LogP contribution is -2.18. The Balaban J connectivity index is 1.40. The van der Waals surface area contributed by atoms with Crippen LogP contribution in [0.15, 0.2) is 66.9 Å². The number of carbonyl (C=O) groups is 1. The molecule has 0 aliphatic heterocycles. The number of nitrogen functional groups attached to an aromatic ring is 1. The lowest BCUT2D eigenvalue weighted by atomic mass is 9.93. The number of rotatable bonds is 8. The van der Waals surface area contributed by atoms with E-state index in [4.69, 9.17) is 20.3 Å². The Morgan fingerprint density at radius 1 is 1.05 bits per heavy atom. The van der Waals surface area contributed by atoms with Gasteiger partial charge in [0.1, 0.15) is 23.9 Å². The fourth-order valence-corrected chi connectivity index (χ4v) is 5.44. The first kappa shape index (κ1) is 24.9. The summed E-state index contributed by atoms with van der Waals surface area (Å²) in [5, 5.41) is 8.13. The molecule has 0 amide bonds. The number of anilines is 1. The van der Waals surface area contributed by atoms with Gasteiger partial charge in [0.2, 0.25) is 0 Å². The van der Waals surface area contributed by atoms with Gasteiger partial charge in [0.25, 0.3) is 0 Å². The summed E-state index contributed by atoms with van der Waals surface area (Å²) < 4.78 is 13.8. The molecule has 0 radical (unpaired) electrons. The van der Waals surface area contributed by atoms with Gasteiger partial charge >= 0.3 is 5.97 Å². The summed E-state index contributed by atoms with van der Waals surface area (Å²) in [5.74, 6) is 0.979. The minimum absolute atomic E-state index is 0.172. The molecule has 0 spiro atoms. The van der Waals surface area contributed by atoms with Crippen molar-refractivity contribution in [3.8, 4) is 16.9 Å².